The average molecular weight is 549 g/mol. The number of rotatable bonds is 6. The fourth-order valence-electron chi connectivity index (χ4n) is 3.27. The van der Waals surface area contributed by atoms with E-state index in [1.54, 1.807) is 22.7 Å². The van der Waals surface area contributed by atoms with E-state index in [0.717, 1.165) is 16.4 Å². The fraction of sp³-hybridized carbons (Fsp3) is 0.200. The summed E-state index contributed by atoms with van der Waals surface area (Å²) in [6.07, 6.45) is 5.04. The molecule has 2 aromatic heterocycles. The summed E-state index contributed by atoms with van der Waals surface area (Å²) in [5.74, 6) is -0.0127. The van der Waals surface area contributed by atoms with Crippen LogP contribution in [0.5, 0.6) is 0 Å². The third-order valence-electron chi connectivity index (χ3n) is 5.02. The van der Waals surface area contributed by atoms with Gasteiger partial charge >= 0.3 is 6.03 Å². The maximum Gasteiger partial charge on any atom is 0.330 e. The lowest BCUT2D eigenvalue weighted by Crippen LogP contribution is -2.31. The zero-order valence-electron chi connectivity index (χ0n) is 16.5. The molecule has 0 bridgehead atoms. The first kappa shape index (κ1) is 20.6. The summed E-state index contributed by atoms with van der Waals surface area (Å²) in [6, 6.07) is 6.07. The average Bonchev–Trinajstić information content (AvgIpc) is 3.42. The molecule has 164 valence electrons. The number of urea groups is 1. The summed E-state index contributed by atoms with van der Waals surface area (Å²) in [7, 11) is 0. The molecule has 2 aliphatic rings. The van der Waals surface area contributed by atoms with Crippen molar-refractivity contribution in [1.82, 2.24) is 24.8 Å². The van der Waals surface area contributed by atoms with E-state index in [1.807, 2.05) is 0 Å². The fourth-order valence-corrected chi connectivity index (χ4v) is 3.76. The second kappa shape index (κ2) is 8.02. The number of aromatic nitrogens is 3. The molecule has 3 heterocycles. The quantitative estimate of drug-likeness (QED) is 0.212. The number of fused-ring (bicyclic) bond motifs is 1. The Balaban J connectivity index is 1.57. The van der Waals surface area contributed by atoms with Gasteiger partial charge < -0.3 is 21.1 Å². The molecule has 1 aromatic carbocycles. The predicted octanol–water partition coefficient (Wildman–Crippen LogP) is 2.63. The maximum atomic E-state index is 14.3. The lowest BCUT2D eigenvalue weighted by atomic mass is 10.2. The molecule has 10 nitrogen and oxygen atoms in total. The molecule has 4 N–H and O–H groups in total. The lowest BCUT2D eigenvalue weighted by molar-refractivity contribution is -0.125. The molecule has 3 aromatic rings. The van der Waals surface area contributed by atoms with Crippen molar-refractivity contribution in [3.63, 3.8) is 0 Å². The van der Waals surface area contributed by atoms with Crippen LogP contribution in [0.2, 0.25) is 0 Å². The van der Waals surface area contributed by atoms with Crippen molar-refractivity contribution < 1.29 is 19.1 Å². The topological polar surface area (TPSA) is 124 Å². The number of imide groups is 1. The van der Waals surface area contributed by atoms with Crippen molar-refractivity contribution >= 4 is 63.6 Å². The number of aliphatic hydroxyl groups is 1. The third-order valence-corrected chi connectivity index (χ3v) is 5.69. The molecular weight excluding hydrogens is 532 g/mol. The van der Waals surface area contributed by atoms with Gasteiger partial charge in [0.1, 0.15) is 29.9 Å². The van der Waals surface area contributed by atoms with Crippen LogP contribution in [0.25, 0.3) is 11.7 Å². The number of hydrogen-bond donors (Lipinski definition) is 4. The summed E-state index contributed by atoms with van der Waals surface area (Å²) in [6.45, 7) is -0.722. The zero-order chi connectivity index (χ0) is 22.4. The summed E-state index contributed by atoms with van der Waals surface area (Å²) in [5.41, 5.74) is 1.15. The Morgan fingerprint density at radius 1 is 1.31 bits per heavy atom. The highest BCUT2D eigenvalue weighted by Crippen LogP contribution is 2.29. The van der Waals surface area contributed by atoms with Crippen LogP contribution in [-0.4, -0.2) is 49.3 Å². The van der Waals surface area contributed by atoms with Gasteiger partial charge in [-0.15, -0.1) is 0 Å². The van der Waals surface area contributed by atoms with Gasteiger partial charge in [0.25, 0.3) is 5.91 Å². The highest BCUT2D eigenvalue weighted by atomic mass is 127. The molecule has 32 heavy (non-hydrogen) atoms. The highest BCUT2D eigenvalue weighted by Gasteiger charge is 2.33. The molecule has 1 aliphatic carbocycles. The van der Waals surface area contributed by atoms with E-state index in [9.17, 15) is 19.1 Å². The molecule has 0 radical (unpaired) electrons. The molecule has 2 fully saturated rings. The molecule has 0 unspecified atom stereocenters. The van der Waals surface area contributed by atoms with E-state index in [1.165, 1.54) is 18.3 Å². The summed E-state index contributed by atoms with van der Waals surface area (Å²) >= 11 is 2.10. The van der Waals surface area contributed by atoms with E-state index in [0.29, 0.717) is 33.8 Å². The van der Waals surface area contributed by atoms with Crippen LogP contribution in [0.1, 0.15) is 18.4 Å². The third kappa shape index (κ3) is 3.86. The highest BCUT2D eigenvalue weighted by molar-refractivity contribution is 14.1. The number of carbonyl (C=O) groups excluding carboxylic acids is 2. The SMILES string of the molecule is O=C1N/C(=C\c2cnn3c(NC4CC4)cc(Nc4cc(I)ccc4F)nc23)C(=O)N1CO. The van der Waals surface area contributed by atoms with Crippen LogP contribution < -0.4 is 16.0 Å². The van der Waals surface area contributed by atoms with Crippen LogP contribution in [0, 0.1) is 9.39 Å². The monoisotopic (exact) mass is 549 g/mol. The van der Waals surface area contributed by atoms with Gasteiger partial charge in [-0.25, -0.2) is 19.1 Å². The van der Waals surface area contributed by atoms with E-state index in [-0.39, 0.29) is 11.4 Å². The number of nitrogens with one attached hydrogen (secondary N) is 3. The molecule has 0 spiro atoms. The van der Waals surface area contributed by atoms with Gasteiger partial charge in [-0.05, 0) is 59.7 Å². The Kier molecular flexibility index (Phi) is 5.17. The number of aliphatic hydroxyl groups excluding tert-OH is 1. The van der Waals surface area contributed by atoms with Crippen molar-refractivity contribution in [2.45, 2.75) is 18.9 Å². The van der Waals surface area contributed by atoms with Gasteiger partial charge in [0.15, 0.2) is 5.65 Å². The minimum Gasteiger partial charge on any atom is -0.376 e. The van der Waals surface area contributed by atoms with Gasteiger partial charge in [-0.2, -0.15) is 9.61 Å². The van der Waals surface area contributed by atoms with E-state index in [2.05, 4.69) is 48.6 Å². The first-order valence-corrected chi connectivity index (χ1v) is 10.8. The lowest BCUT2D eigenvalue weighted by Gasteiger charge is -2.12. The molecule has 3 amide bonds. The van der Waals surface area contributed by atoms with Crippen molar-refractivity contribution in [3.05, 3.63) is 51.1 Å². The Morgan fingerprint density at radius 3 is 2.84 bits per heavy atom. The number of benzene rings is 1. The molecule has 12 heteroatoms. The molecule has 0 atom stereocenters. The molecule has 1 saturated carbocycles. The van der Waals surface area contributed by atoms with Gasteiger partial charge in [0.2, 0.25) is 0 Å². The second-order valence-electron chi connectivity index (χ2n) is 7.39. The van der Waals surface area contributed by atoms with Crippen LogP contribution >= 0.6 is 22.6 Å². The Morgan fingerprint density at radius 2 is 2.12 bits per heavy atom. The summed E-state index contributed by atoms with van der Waals surface area (Å²) in [5, 5.41) is 22.4. The number of anilines is 3. The standard InChI is InChI=1S/C20H17FIN7O3/c21-13-4-1-11(22)6-14(13)25-16-7-17(24-12-2-3-12)29-18(27-16)10(8-23-29)5-15-19(31)28(9-30)20(32)26-15/h1,4-8,12,24,30H,2-3,9H2,(H,25,27)(H,26,32)/b15-5-. The largest absolute Gasteiger partial charge is 0.376 e. The van der Waals surface area contributed by atoms with E-state index >= 15 is 0 Å². The van der Waals surface area contributed by atoms with Crippen molar-refractivity contribution in [1.29, 1.82) is 0 Å². The van der Waals surface area contributed by atoms with Gasteiger partial charge in [0, 0.05) is 21.2 Å². The molecular formula is C20H17FIN7O3. The van der Waals surface area contributed by atoms with Gasteiger partial charge in [-0.1, -0.05) is 0 Å². The first-order valence-electron chi connectivity index (χ1n) is 9.76. The van der Waals surface area contributed by atoms with Gasteiger partial charge in [-0.3, -0.25) is 4.79 Å². The minimum absolute atomic E-state index is 0.000489. The molecule has 5 rings (SSSR count). The Bertz CT molecular complexity index is 1290. The number of nitrogens with zero attached hydrogens (tertiary/aromatic N) is 4. The van der Waals surface area contributed by atoms with Crippen molar-refractivity contribution in [2.75, 3.05) is 17.4 Å². The normalized spacial score (nSPS) is 17.3. The molecule has 1 saturated heterocycles. The van der Waals surface area contributed by atoms with E-state index < -0.39 is 24.5 Å². The number of carbonyl (C=O) groups is 2. The first-order chi connectivity index (χ1) is 15.4. The maximum absolute atomic E-state index is 14.3. The van der Waals surface area contributed by atoms with Crippen LogP contribution in [0.15, 0.2) is 36.2 Å². The Labute approximate surface area is 194 Å². The van der Waals surface area contributed by atoms with Crippen LogP contribution in [-0.2, 0) is 4.79 Å². The van der Waals surface area contributed by atoms with Crippen LogP contribution in [0.3, 0.4) is 0 Å². The predicted molar refractivity (Wildman–Crippen MR) is 122 cm³/mol. The Hall–Kier alpha value is -3.26. The number of halogens is 2. The van der Waals surface area contributed by atoms with E-state index in [4.69, 9.17) is 0 Å². The molecule has 1 aliphatic heterocycles. The summed E-state index contributed by atoms with van der Waals surface area (Å²) in [4.78, 5) is 29.4. The van der Waals surface area contributed by atoms with Crippen molar-refractivity contribution in [3.8, 4) is 0 Å². The second-order valence-corrected chi connectivity index (χ2v) is 8.64. The van der Waals surface area contributed by atoms with Crippen molar-refractivity contribution in [2.24, 2.45) is 0 Å². The zero-order valence-corrected chi connectivity index (χ0v) is 18.6. The minimum atomic E-state index is -0.722. The smallest absolute Gasteiger partial charge is 0.330 e. The van der Waals surface area contributed by atoms with Crippen LogP contribution in [0.4, 0.5) is 26.5 Å². The summed E-state index contributed by atoms with van der Waals surface area (Å²) < 4.78 is 16.7. The number of amides is 3. The van der Waals surface area contributed by atoms with Gasteiger partial charge in [0.05, 0.1) is 11.9 Å². The number of hydrogen-bond acceptors (Lipinski definition) is 7.